The van der Waals surface area contributed by atoms with E-state index in [0.717, 1.165) is 31.3 Å². The van der Waals surface area contributed by atoms with Crippen LogP contribution in [0.4, 0.5) is 0 Å². The predicted molar refractivity (Wildman–Crippen MR) is 65.1 cm³/mol. The van der Waals surface area contributed by atoms with Gasteiger partial charge < -0.3 is 9.73 Å². The van der Waals surface area contributed by atoms with E-state index < -0.39 is 0 Å². The van der Waals surface area contributed by atoms with Gasteiger partial charge in [0.25, 0.3) is 0 Å². The van der Waals surface area contributed by atoms with Crippen molar-refractivity contribution in [2.24, 2.45) is 5.92 Å². The smallest absolute Gasteiger partial charge is 0.118 e. The Labute approximate surface area is 97.8 Å². The molecule has 1 saturated carbocycles. The fraction of sp³-hybridized carbons (Fsp3) is 0.692. The molecule has 3 heteroatoms. The third-order valence-electron chi connectivity index (χ3n) is 2.98. The van der Waals surface area contributed by atoms with Gasteiger partial charge in [-0.15, -0.1) is 0 Å². The molecule has 1 aliphatic rings. The normalized spacial score (nSPS) is 15.9. The minimum absolute atomic E-state index is 0.909. The molecular weight excluding hydrogens is 200 g/mol. The molecule has 1 N–H and O–H groups in total. The molecular formula is C13H22N2O. The lowest BCUT2D eigenvalue weighted by atomic mass is 10.3. The molecule has 1 aromatic rings. The zero-order chi connectivity index (χ0) is 11.4. The summed E-state index contributed by atoms with van der Waals surface area (Å²) in [4.78, 5) is 2.35. The molecule has 0 spiro atoms. The number of hydrogen-bond donors (Lipinski definition) is 1. The lowest BCUT2D eigenvalue weighted by Crippen LogP contribution is -2.20. The van der Waals surface area contributed by atoms with Crippen LogP contribution in [0.1, 0.15) is 31.1 Å². The summed E-state index contributed by atoms with van der Waals surface area (Å²) in [7, 11) is 2.17. The maximum atomic E-state index is 5.55. The number of nitrogens with zero attached hydrogens (tertiary/aromatic N) is 1. The van der Waals surface area contributed by atoms with Crippen molar-refractivity contribution in [2.45, 2.75) is 32.9 Å². The Morgan fingerprint density at radius 2 is 2.31 bits per heavy atom. The first-order valence-electron chi connectivity index (χ1n) is 6.23. The van der Waals surface area contributed by atoms with Crippen LogP contribution in [0.2, 0.25) is 0 Å². The molecule has 2 rings (SSSR count). The Bertz CT molecular complexity index is 317. The SMILES string of the molecule is CCNCc1coc(CN(C)CC2CC2)c1. The standard InChI is InChI=1S/C13H22N2O/c1-3-14-7-12-6-13(16-10-12)9-15(2)8-11-4-5-11/h6,10-11,14H,3-5,7-9H2,1-2H3. The van der Waals surface area contributed by atoms with Crippen LogP contribution >= 0.6 is 0 Å². The van der Waals surface area contributed by atoms with E-state index in [0.29, 0.717) is 0 Å². The van der Waals surface area contributed by atoms with E-state index in [4.69, 9.17) is 4.42 Å². The first-order chi connectivity index (χ1) is 7.78. The van der Waals surface area contributed by atoms with Gasteiger partial charge >= 0.3 is 0 Å². The van der Waals surface area contributed by atoms with Crippen LogP contribution in [0.25, 0.3) is 0 Å². The van der Waals surface area contributed by atoms with Crippen LogP contribution in [0, 0.1) is 5.92 Å². The highest BCUT2D eigenvalue weighted by Crippen LogP contribution is 2.29. The highest BCUT2D eigenvalue weighted by molar-refractivity contribution is 5.12. The van der Waals surface area contributed by atoms with Crippen molar-refractivity contribution in [3.63, 3.8) is 0 Å². The van der Waals surface area contributed by atoms with Gasteiger partial charge in [0.2, 0.25) is 0 Å². The Kier molecular flexibility index (Phi) is 4.02. The first kappa shape index (κ1) is 11.7. The summed E-state index contributed by atoms with van der Waals surface area (Å²) in [5.41, 5.74) is 1.25. The molecule has 1 aliphatic carbocycles. The first-order valence-corrected chi connectivity index (χ1v) is 6.23. The average molecular weight is 222 g/mol. The number of rotatable bonds is 7. The molecule has 90 valence electrons. The van der Waals surface area contributed by atoms with Crippen LogP contribution in [0.3, 0.4) is 0 Å². The van der Waals surface area contributed by atoms with E-state index in [1.807, 2.05) is 6.26 Å². The molecule has 1 heterocycles. The lowest BCUT2D eigenvalue weighted by molar-refractivity contribution is 0.284. The van der Waals surface area contributed by atoms with Gasteiger partial charge in [-0.2, -0.15) is 0 Å². The van der Waals surface area contributed by atoms with Crippen molar-refractivity contribution < 1.29 is 4.42 Å². The second-order valence-corrected chi connectivity index (χ2v) is 4.84. The van der Waals surface area contributed by atoms with E-state index in [9.17, 15) is 0 Å². The number of hydrogen-bond acceptors (Lipinski definition) is 3. The van der Waals surface area contributed by atoms with Crippen LogP contribution in [0.5, 0.6) is 0 Å². The largest absolute Gasteiger partial charge is 0.468 e. The molecule has 1 fully saturated rings. The molecule has 1 aromatic heterocycles. The van der Waals surface area contributed by atoms with Crippen molar-refractivity contribution in [3.8, 4) is 0 Å². The van der Waals surface area contributed by atoms with Crippen LogP contribution in [0.15, 0.2) is 16.7 Å². The molecule has 0 aliphatic heterocycles. The number of furan rings is 1. The van der Waals surface area contributed by atoms with Gasteiger partial charge in [-0.05, 0) is 38.4 Å². The minimum atomic E-state index is 0.909. The summed E-state index contributed by atoms with van der Waals surface area (Å²) in [5, 5.41) is 3.30. The van der Waals surface area contributed by atoms with Crippen LogP contribution < -0.4 is 5.32 Å². The highest BCUT2D eigenvalue weighted by atomic mass is 16.3. The Morgan fingerprint density at radius 1 is 1.50 bits per heavy atom. The topological polar surface area (TPSA) is 28.4 Å². The third kappa shape index (κ3) is 3.65. The Morgan fingerprint density at radius 3 is 3.00 bits per heavy atom. The van der Waals surface area contributed by atoms with Crippen molar-refractivity contribution in [2.75, 3.05) is 20.1 Å². The lowest BCUT2D eigenvalue weighted by Gasteiger charge is -2.13. The molecule has 0 amide bonds. The molecule has 0 unspecified atom stereocenters. The monoisotopic (exact) mass is 222 g/mol. The Balaban J connectivity index is 1.76. The Hall–Kier alpha value is -0.800. The highest BCUT2D eigenvalue weighted by Gasteiger charge is 2.22. The summed E-state index contributed by atoms with van der Waals surface area (Å²) >= 11 is 0. The second kappa shape index (κ2) is 5.51. The summed E-state index contributed by atoms with van der Waals surface area (Å²) in [5.74, 6) is 2.03. The van der Waals surface area contributed by atoms with Crippen LogP contribution in [-0.2, 0) is 13.1 Å². The maximum absolute atomic E-state index is 5.55. The predicted octanol–water partition coefficient (Wildman–Crippen LogP) is 2.23. The van der Waals surface area contributed by atoms with Gasteiger partial charge in [0.15, 0.2) is 0 Å². The average Bonchev–Trinajstić information content (AvgIpc) is 2.94. The molecule has 0 atom stereocenters. The van der Waals surface area contributed by atoms with Crippen molar-refractivity contribution in [1.82, 2.24) is 10.2 Å². The fourth-order valence-corrected chi connectivity index (χ4v) is 1.94. The van der Waals surface area contributed by atoms with Crippen LogP contribution in [-0.4, -0.2) is 25.0 Å². The van der Waals surface area contributed by atoms with E-state index >= 15 is 0 Å². The van der Waals surface area contributed by atoms with E-state index in [1.54, 1.807) is 0 Å². The number of nitrogens with one attached hydrogen (secondary N) is 1. The molecule has 0 bridgehead atoms. The van der Waals surface area contributed by atoms with Gasteiger partial charge in [-0.3, -0.25) is 4.90 Å². The molecule has 3 nitrogen and oxygen atoms in total. The summed E-state index contributed by atoms with van der Waals surface area (Å²) < 4.78 is 5.55. The fourth-order valence-electron chi connectivity index (χ4n) is 1.94. The third-order valence-corrected chi connectivity index (χ3v) is 2.98. The van der Waals surface area contributed by atoms with Crippen molar-refractivity contribution >= 4 is 0 Å². The van der Waals surface area contributed by atoms with Gasteiger partial charge in [-0.1, -0.05) is 6.92 Å². The van der Waals surface area contributed by atoms with E-state index in [-0.39, 0.29) is 0 Å². The van der Waals surface area contributed by atoms with E-state index in [1.165, 1.54) is 24.9 Å². The maximum Gasteiger partial charge on any atom is 0.118 e. The quantitative estimate of drug-likeness (QED) is 0.767. The molecule has 0 aromatic carbocycles. The van der Waals surface area contributed by atoms with Crippen molar-refractivity contribution in [1.29, 1.82) is 0 Å². The van der Waals surface area contributed by atoms with Gasteiger partial charge in [0, 0.05) is 18.7 Å². The molecule has 16 heavy (non-hydrogen) atoms. The second-order valence-electron chi connectivity index (χ2n) is 4.84. The van der Waals surface area contributed by atoms with Gasteiger partial charge in [0.1, 0.15) is 5.76 Å². The zero-order valence-corrected chi connectivity index (χ0v) is 10.3. The summed E-state index contributed by atoms with van der Waals surface area (Å²) in [6.07, 6.45) is 4.69. The summed E-state index contributed by atoms with van der Waals surface area (Å²) in [6, 6.07) is 2.16. The molecule has 0 radical (unpaired) electrons. The van der Waals surface area contributed by atoms with E-state index in [2.05, 4.69) is 30.3 Å². The van der Waals surface area contributed by atoms with Gasteiger partial charge in [0.05, 0.1) is 12.8 Å². The van der Waals surface area contributed by atoms with Crippen molar-refractivity contribution in [3.05, 3.63) is 23.7 Å². The molecule has 0 saturated heterocycles. The zero-order valence-electron chi connectivity index (χ0n) is 10.3. The van der Waals surface area contributed by atoms with Gasteiger partial charge in [-0.25, -0.2) is 0 Å². The minimum Gasteiger partial charge on any atom is -0.468 e. The summed E-state index contributed by atoms with van der Waals surface area (Å²) in [6.45, 7) is 6.17.